The Morgan fingerprint density at radius 2 is 1.73 bits per heavy atom. The summed E-state index contributed by atoms with van der Waals surface area (Å²) < 4.78 is 8.65. The lowest BCUT2D eigenvalue weighted by Crippen LogP contribution is -2.08. The van der Waals surface area contributed by atoms with E-state index in [1.807, 2.05) is 30.3 Å². The van der Waals surface area contributed by atoms with Crippen LogP contribution in [0.3, 0.4) is 0 Å². The predicted octanol–water partition coefficient (Wildman–Crippen LogP) is 5.84. The maximum atomic E-state index is 6.32. The zero-order valence-corrected chi connectivity index (χ0v) is 17.7. The highest BCUT2D eigenvalue weighted by Gasteiger charge is 2.25. The monoisotopic (exact) mass is 429 g/mol. The van der Waals surface area contributed by atoms with Gasteiger partial charge in [-0.1, -0.05) is 54.6 Å². The number of hydrogen-bond acceptors (Lipinski definition) is 4. The van der Waals surface area contributed by atoms with E-state index in [2.05, 4.69) is 79.8 Å². The Morgan fingerprint density at radius 3 is 2.64 bits per heavy atom. The van der Waals surface area contributed by atoms with Crippen molar-refractivity contribution in [1.82, 2.24) is 25.2 Å². The topological polar surface area (TPSA) is 72.5 Å². The number of fused-ring (bicyclic) bond motifs is 4. The number of aromatic amines is 1. The van der Waals surface area contributed by atoms with E-state index in [-0.39, 0.29) is 0 Å². The van der Waals surface area contributed by atoms with Crippen LogP contribution in [0.1, 0.15) is 11.3 Å². The van der Waals surface area contributed by atoms with Crippen LogP contribution in [0.5, 0.6) is 0 Å². The summed E-state index contributed by atoms with van der Waals surface area (Å²) in [7, 11) is 0. The van der Waals surface area contributed by atoms with Crippen molar-refractivity contribution in [2.24, 2.45) is 0 Å². The number of nitrogens with one attached hydrogen (secondary N) is 1. The smallest absolute Gasteiger partial charge is 0.204 e. The third kappa shape index (κ3) is 2.84. The van der Waals surface area contributed by atoms with Crippen LogP contribution in [-0.2, 0) is 12.8 Å². The molecule has 0 saturated heterocycles. The van der Waals surface area contributed by atoms with Gasteiger partial charge in [-0.15, -0.1) is 10.2 Å². The van der Waals surface area contributed by atoms with E-state index >= 15 is 0 Å². The maximum absolute atomic E-state index is 6.32. The van der Waals surface area contributed by atoms with Crippen LogP contribution >= 0.6 is 0 Å². The lowest BCUT2D eigenvalue weighted by atomic mass is 9.90. The molecule has 0 spiro atoms. The van der Waals surface area contributed by atoms with Crippen LogP contribution in [-0.4, -0.2) is 25.2 Å². The molecule has 0 amide bonds. The van der Waals surface area contributed by atoms with Gasteiger partial charge in [-0.05, 0) is 59.5 Å². The molecule has 0 atom stereocenters. The average Bonchev–Trinajstić information content (AvgIpc) is 3.62. The molecule has 6 aromatic rings. The van der Waals surface area contributed by atoms with E-state index in [4.69, 9.17) is 4.42 Å². The van der Waals surface area contributed by atoms with Crippen molar-refractivity contribution in [3.05, 3.63) is 96.2 Å². The summed E-state index contributed by atoms with van der Waals surface area (Å²) in [6.45, 7) is 0. The van der Waals surface area contributed by atoms with Gasteiger partial charge in [0.05, 0.1) is 5.69 Å². The molecule has 1 aliphatic carbocycles. The van der Waals surface area contributed by atoms with Crippen molar-refractivity contribution >= 4 is 11.0 Å². The molecule has 6 heteroatoms. The van der Waals surface area contributed by atoms with Gasteiger partial charge in [0.15, 0.2) is 5.76 Å². The van der Waals surface area contributed by atoms with Gasteiger partial charge in [0.1, 0.15) is 5.58 Å². The standard InChI is InChI=1S/C27H19N5O/c1-3-10-21-17(6-1)12-13-23-22(21)16-24(26-15-18-7-2-4-11-25(18)33-26)32(23)20-9-5-8-19(14-20)27-28-30-31-29-27/h1-11,14-16H,12-13H2,(H,28,29,30,31). The maximum Gasteiger partial charge on any atom is 0.204 e. The van der Waals surface area contributed by atoms with Gasteiger partial charge in [-0.3, -0.25) is 0 Å². The first-order valence-electron chi connectivity index (χ1n) is 11.0. The number of tetrazole rings is 1. The molecular weight excluding hydrogens is 410 g/mol. The van der Waals surface area contributed by atoms with E-state index in [0.717, 1.165) is 46.5 Å². The molecular formula is C27H19N5O. The summed E-state index contributed by atoms with van der Waals surface area (Å²) in [6, 6.07) is 29.5. The molecule has 0 fully saturated rings. The van der Waals surface area contributed by atoms with Gasteiger partial charge < -0.3 is 8.98 Å². The third-order valence-electron chi connectivity index (χ3n) is 6.43. The Kier molecular flexibility index (Phi) is 3.87. The normalized spacial score (nSPS) is 12.6. The molecule has 0 bridgehead atoms. The summed E-state index contributed by atoms with van der Waals surface area (Å²) in [5, 5.41) is 15.7. The molecule has 3 aromatic heterocycles. The molecule has 0 aliphatic heterocycles. The highest BCUT2D eigenvalue weighted by molar-refractivity contribution is 5.85. The molecule has 3 heterocycles. The summed E-state index contributed by atoms with van der Waals surface area (Å²) in [4.78, 5) is 0. The second-order valence-corrected chi connectivity index (χ2v) is 8.32. The van der Waals surface area contributed by atoms with Gasteiger partial charge in [0.2, 0.25) is 5.82 Å². The number of H-pyrrole nitrogens is 1. The number of para-hydroxylation sites is 1. The summed E-state index contributed by atoms with van der Waals surface area (Å²) in [5.74, 6) is 1.43. The lowest BCUT2D eigenvalue weighted by molar-refractivity contribution is 0.626. The Labute approximate surface area is 189 Å². The Bertz CT molecular complexity index is 1590. The summed E-state index contributed by atoms with van der Waals surface area (Å²) in [5.41, 5.74) is 9.12. The van der Waals surface area contributed by atoms with Crippen molar-refractivity contribution in [3.63, 3.8) is 0 Å². The molecule has 33 heavy (non-hydrogen) atoms. The minimum atomic E-state index is 0.577. The molecule has 7 rings (SSSR count). The SMILES string of the molecule is c1cc(-c2nn[nH]n2)cc(-n2c(-c3cc4ccccc4o3)cc3c2CCc2ccccc2-3)c1. The number of benzene rings is 3. The Balaban J connectivity index is 1.50. The second kappa shape index (κ2) is 7.03. The second-order valence-electron chi connectivity index (χ2n) is 8.32. The fourth-order valence-corrected chi connectivity index (χ4v) is 4.94. The van der Waals surface area contributed by atoms with Crippen LogP contribution in [0.25, 0.3) is 50.6 Å². The van der Waals surface area contributed by atoms with Gasteiger partial charge in [0, 0.05) is 27.9 Å². The minimum Gasteiger partial charge on any atom is -0.455 e. The van der Waals surface area contributed by atoms with E-state index in [0.29, 0.717) is 5.82 Å². The van der Waals surface area contributed by atoms with Crippen molar-refractivity contribution in [2.75, 3.05) is 0 Å². The molecule has 6 nitrogen and oxygen atoms in total. The Hall–Kier alpha value is -4.45. The number of aryl methyl sites for hydroxylation is 1. The number of furan rings is 1. The molecule has 1 aliphatic rings. The van der Waals surface area contributed by atoms with Gasteiger partial charge in [-0.2, -0.15) is 5.21 Å². The van der Waals surface area contributed by atoms with Crippen molar-refractivity contribution < 1.29 is 4.42 Å². The highest BCUT2D eigenvalue weighted by atomic mass is 16.3. The first kappa shape index (κ1) is 18.2. The zero-order chi connectivity index (χ0) is 21.8. The van der Waals surface area contributed by atoms with Crippen LogP contribution in [0.2, 0.25) is 0 Å². The number of rotatable bonds is 3. The fourth-order valence-electron chi connectivity index (χ4n) is 4.94. The van der Waals surface area contributed by atoms with E-state index < -0.39 is 0 Å². The number of nitrogens with zero attached hydrogens (tertiary/aromatic N) is 4. The number of hydrogen-bond donors (Lipinski definition) is 1. The quantitative estimate of drug-likeness (QED) is 0.384. The molecule has 0 saturated carbocycles. The van der Waals surface area contributed by atoms with E-state index in [1.54, 1.807) is 0 Å². The van der Waals surface area contributed by atoms with E-state index in [1.165, 1.54) is 22.4 Å². The van der Waals surface area contributed by atoms with Crippen LogP contribution in [0.15, 0.2) is 89.3 Å². The van der Waals surface area contributed by atoms with Gasteiger partial charge in [0.25, 0.3) is 0 Å². The lowest BCUT2D eigenvalue weighted by Gasteiger charge is -2.20. The minimum absolute atomic E-state index is 0.577. The summed E-state index contributed by atoms with van der Waals surface area (Å²) >= 11 is 0. The molecule has 158 valence electrons. The third-order valence-corrected chi connectivity index (χ3v) is 6.43. The molecule has 1 N–H and O–H groups in total. The molecule has 0 unspecified atom stereocenters. The molecule has 3 aromatic carbocycles. The van der Waals surface area contributed by atoms with Gasteiger partial charge >= 0.3 is 0 Å². The van der Waals surface area contributed by atoms with Crippen LogP contribution in [0.4, 0.5) is 0 Å². The average molecular weight is 429 g/mol. The van der Waals surface area contributed by atoms with Crippen LogP contribution < -0.4 is 0 Å². The van der Waals surface area contributed by atoms with Crippen molar-refractivity contribution in [2.45, 2.75) is 12.8 Å². The fraction of sp³-hybridized carbons (Fsp3) is 0.0741. The number of aromatic nitrogens is 5. The largest absolute Gasteiger partial charge is 0.455 e. The highest BCUT2D eigenvalue weighted by Crippen LogP contribution is 2.41. The van der Waals surface area contributed by atoms with Crippen molar-refractivity contribution in [1.29, 1.82) is 0 Å². The molecule has 0 radical (unpaired) electrons. The predicted molar refractivity (Wildman–Crippen MR) is 127 cm³/mol. The Morgan fingerprint density at radius 1 is 0.818 bits per heavy atom. The van der Waals surface area contributed by atoms with E-state index in [9.17, 15) is 0 Å². The van der Waals surface area contributed by atoms with Crippen LogP contribution in [0, 0.1) is 0 Å². The first-order chi connectivity index (χ1) is 16.3. The first-order valence-corrected chi connectivity index (χ1v) is 11.0. The van der Waals surface area contributed by atoms with Gasteiger partial charge in [-0.25, -0.2) is 0 Å². The van der Waals surface area contributed by atoms with Crippen molar-refractivity contribution in [3.8, 4) is 39.7 Å². The summed E-state index contributed by atoms with van der Waals surface area (Å²) in [6.07, 6.45) is 1.97. The zero-order valence-electron chi connectivity index (χ0n) is 17.7.